The van der Waals surface area contributed by atoms with Crippen LogP contribution in [-0.2, 0) is 17.5 Å². The molecule has 2 aromatic carbocycles. The molecule has 0 aliphatic carbocycles. The van der Waals surface area contributed by atoms with Crippen molar-refractivity contribution in [3.05, 3.63) is 58.1 Å². The zero-order valence-corrected chi connectivity index (χ0v) is 17.6. The number of ketones is 1. The molecular formula is C21H21ClF3NO4. The minimum Gasteiger partial charge on any atom is -0.487 e. The number of ether oxygens (including phenoxy) is 2. The normalized spacial score (nSPS) is 11.7. The van der Waals surface area contributed by atoms with Crippen LogP contribution in [0.15, 0.2) is 36.4 Å². The molecule has 0 unspecified atom stereocenters. The van der Waals surface area contributed by atoms with Crippen molar-refractivity contribution in [2.75, 3.05) is 5.32 Å². The predicted octanol–water partition coefficient (Wildman–Crippen LogP) is 6.49. The van der Waals surface area contributed by atoms with Crippen LogP contribution in [-0.4, -0.2) is 17.5 Å². The Hall–Kier alpha value is -2.74. The first kappa shape index (κ1) is 23.5. The first-order chi connectivity index (χ1) is 13.7. The Morgan fingerprint density at radius 2 is 1.73 bits per heavy atom. The van der Waals surface area contributed by atoms with E-state index in [-0.39, 0.29) is 23.2 Å². The molecule has 5 nitrogen and oxygen atoms in total. The van der Waals surface area contributed by atoms with Gasteiger partial charge < -0.3 is 9.47 Å². The SMILES string of the molecule is CC(=O)c1cc(COc2ccc(C(F)(F)F)cc2Cl)cc(NC(=O)OC(C)(C)C)c1. The molecule has 0 radical (unpaired) electrons. The van der Waals surface area contributed by atoms with Crippen LogP contribution in [0, 0.1) is 0 Å². The summed E-state index contributed by atoms with van der Waals surface area (Å²) in [7, 11) is 0. The standard InChI is InChI=1S/C21H21ClF3NO4/c1-12(27)14-7-13(8-16(9-14)26-19(28)30-20(2,3)4)11-29-18-6-5-15(10-17(18)22)21(23,24)25/h5-10H,11H2,1-4H3,(H,26,28). The van der Waals surface area contributed by atoms with Gasteiger partial charge in [0.1, 0.15) is 18.0 Å². The molecule has 9 heteroatoms. The molecule has 2 aromatic rings. The molecule has 162 valence electrons. The fraction of sp³-hybridized carbons (Fsp3) is 0.333. The highest BCUT2D eigenvalue weighted by molar-refractivity contribution is 6.32. The highest BCUT2D eigenvalue weighted by atomic mass is 35.5. The number of alkyl halides is 3. The third-order valence-corrected chi connectivity index (χ3v) is 3.99. The number of hydrogen-bond donors (Lipinski definition) is 1. The summed E-state index contributed by atoms with van der Waals surface area (Å²) in [5.74, 6) is -0.184. The second-order valence-corrected chi connectivity index (χ2v) is 7.94. The molecule has 0 aliphatic rings. The number of nitrogens with one attached hydrogen (secondary N) is 1. The highest BCUT2D eigenvalue weighted by Crippen LogP contribution is 2.35. The van der Waals surface area contributed by atoms with E-state index in [1.807, 2.05) is 0 Å². The topological polar surface area (TPSA) is 64.6 Å². The number of carbonyl (C=O) groups excluding carboxylic acids is 2. The third-order valence-electron chi connectivity index (χ3n) is 3.70. The molecule has 0 spiro atoms. The van der Waals surface area contributed by atoms with Crippen LogP contribution < -0.4 is 10.1 Å². The summed E-state index contributed by atoms with van der Waals surface area (Å²) in [6.07, 6.45) is -5.21. The van der Waals surface area contributed by atoms with Crippen molar-refractivity contribution < 1.29 is 32.2 Å². The van der Waals surface area contributed by atoms with E-state index >= 15 is 0 Å². The number of benzene rings is 2. The molecule has 0 aliphatic heterocycles. The van der Waals surface area contributed by atoms with Gasteiger partial charge in [0.15, 0.2) is 5.78 Å². The largest absolute Gasteiger partial charge is 0.487 e. The maximum atomic E-state index is 12.7. The van der Waals surface area contributed by atoms with Gasteiger partial charge in [0.05, 0.1) is 10.6 Å². The molecular weight excluding hydrogens is 423 g/mol. The number of amides is 1. The maximum Gasteiger partial charge on any atom is 0.416 e. The molecule has 0 aromatic heterocycles. The third kappa shape index (κ3) is 6.95. The fourth-order valence-electron chi connectivity index (χ4n) is 2.43. The van der Waals surface area contributed by atoms with Gasteiger partial charge in [-0.25, -0.2) is 4.79 Å². The molecule has 0 saturated heterocycles. The molecule has 0 fully saturated rings. The van der Waals surface area contributed by atoms with Gasteiger partial charge in [-0.15, -0.1) is 0 Å². The molecule has 30 heavy (non-hydrogen) atoms. The quantitative estimate of drug-likeness (QED) is 0.536. The summed E-state index contributed by atoms with van der Waals surface area (Å²) in [5.41, 5.74) is -0.449. The lowest BCUT2D eigenvalue weighted by Crippen LogP contribution is -2.27. The van der Waals surface area contributed by atoms with Crippen molar-refractivity contribution in [1.29, 1.82) is 0 Å². The zero-order valence-electron chi connectivity index (χ0n) is 16.8. The zero-order chi connectivity index (χ0) is 22.7. The van der Waals surface area contributed by atoms with E-state index in [1.54, 1.807) is 32.9 Å². The van der Waals surface area contributed by atoms with Crippen LogP contribution in [0.3, 0.4) is 0 Å². The molecule has 1 N–H and O–H groups in total. The van der Waals surface area contributed by atoms with Gasteiger partial charge in [0.2, 0.25) is 0 Å². The second kappa shape index (κ2) is 8.95. The summed E-state index contributed by atoms with van der Waals surface area (Å²) in [6.45, 7) is 6.42. The monoisotopic (exact) mass is 443 g/mol. The van der Waals surface area contributed by atoms with E-state index in [9.17, 15) is 22.8 Å². The Balaban J connectivity index is 2.20. The van der Waals surface area contributed by atoms with Gasteiger partial charge in [-0.05, 0) is 69.7 Å². The first-order valence-corrected chi connectivity index (χ1v) is 9.27. The maximum absolute atomic E-state index is 12.7. The Morgan fingerprint density at radius 1 is 1.07 bits per heavy atom. The average molecular weight is 444 g/mol. The van der Waals surface area contributed by atoms with Gasteiger partial charge in [-0.1, -0.05) is 11.6 Å². The van der Waals surface area contributed by atoms with Crippen molar-refractivity contribution in [3.8, 4) is 5.75 Å². The van der Waals surface area contributed by atoms with E-state index < -0.39 is 23.4 Å². The summed E-state index contributed by atoms with van der Waals surface area (Å²) >= 11 is 5.89. The molecule has 0 saturated carbocycles. The summed E-state index contributed by atoms with van der Waals surface area (Å²) in [4.78, 5) is 23.8. The van der Waals surface area contributed by atoms with Gasteiger partial charge in [0, 0.05) is 11.3 Å². The first-order valence-electron chi connectivity index (χ1n) is 8.89. The lowest BCUT2D eigenvalue weighted by Gasteiger charge is -2.20. The molecule has 0 heterocycles. The van der Waals surface area contributed by atoms with Gasteiger partial charge >= 0.3 is 12.3 Å². The number of anilines is 1. The lowest BCUT2D eigenvalue weighted by atomic mass is 10.1. The van der Waals surface area contributed by atoms with Gasteiger partial charge in [0.25, 0.3) is 0 Å². The minimum absolute atomic E-state index is 0.0551. The molecule has 0 atom stereocenters. The fourth-order valence-corrected chi connectivity index (χ4v) is 2.66. The number of hydrogen-bond acceptors (Lipinski definition) is 4. The van der Waals surface area contributed by atoms with Crippen LogP contribution in [0.2, 0.25) is 5.02 Å². The second-order valence-electron chi connectivity index (χ2n) is 7.53. The smallest absolute Gasteiger partial charge is 0.416 e. The van der Waals surface area contributed by atoms with E-state index in [0.29, 0.717) is 16.8 Å². The van der Waals surface area contributed by atoms with E-state index in [0.717, 1.165) is 18.2 Å². The number of carbonyl (C=O) groups is 2. The van der Waals surface area contributed by atoms with Crippen molar-refractivity contribution in [3.63, 3.8) is 0 Å². The Kier molecular flexibility index (Phi) is 7.02. The number of rotatable bonds is 5. The molecule has 1 amide bonds. The molecule has 2 rings (SSSR count). The van der Waals surface area contributed by atoms with Crippen LogP contribution in [0.4, 0.5) is 23.7 Å². The summed E-state index contributed by atoms with van der Waals surface area (Å²) in [5, 5.41) is 2.35. The van der Waals surface area contributed by atoms with Crippen LogP contribution in [0.5, 0.6) is 5.75 Å². The van der Waals surface area contributed by atoms with Crippen molar-refractivity contribution >= 4 is 29.2 Å². The summed E-state index contributed by atoms with van der Waals surface area (Å²) < 4.78 is 48.9. The Bertz CT molecular complexity index is 952. The van der Waals surface area contributed by atoms with Crippen molar-refractivity contribution in [2.45, 2.75) is 46.1 Å². The van der Waals surface area contributed by atoms with Crippen LogP contribution in [0.25, 0.3) is 0 Å². The van der Waals surface area contributed by atoms with Crippen LogP contribution >= 0.6 is 11.6 Å². The van der Waals surface area contributed by atoms with Crippen LogP contribution in [0.1, 0.15) is 49.2 Å². The highest BCUT2D eigenvalue weighted by Gasteiger charge is 2.31. The lowest BCUT2D eigenvalue weighted by molar-refractivity contribution is -0.137. The number of Topliss-reactive ketones (excluding diaryl/α,β-unsaturated/α-hetero) is 1. The average Bonchev–Trinajstić information content (AvgIpc) is 2.57. The van der Waals surface area contributed by atoms with E-state index in [4.69, 9.17) is 21.1 Å². The van der Waals surface area contributed by atoms with Crippen molar-refractivity contribution in [1.82, 2.24) is 0 Å². The predicted molar refractivity (Wildman–Crippen MR) is 107 cm³/mol. The van der Waals surface area contributed by atoms with Gasteiger partial charge in [-0.2, -0.15) is 13.2 Å². The Labute approximate surface area is 177 Å². The Morgan fingerprint density at radius 3 is 2.27 bits per heavy atom. The van der Waals surface area contributed by atoms with Gasteiger partial charge in [-0.3, -0.25) is 10.1 Å². The van der Waals surface area contributed by atoms with E-state index in [2.05, 4.69) is 5.32 Å². The molecule has 0 bridgehead atoms. The number of halogens is 4. The van der Waals surface area contributed by atoms with Crippen molar-refractivity contribution in [2.24, 2.45) is 0 Å². The summed E-state index contributed by atoms with van der Waals surface area (Å²) in [6, 6.07) is 7.37. The van der Waals surface area contributed by atoms with E-state index in [1.165, 1.54) is 13.0 Å². The minimum atomic E-state index is -4.51.